The first-order chi connectivity index (χ1) is 16.8. The number of hydrogen-bond acceptors (Lipinski definition) is 10. The molecule has 0 aromatic heterocycles. The molecule has 5 atom stereocenters. The molecule has 0 saturated carbocycles. The van der Waals surface area contributed by atoms with Crippen LogP contribution in [0.4, 0.5) is 0 Å². The molecule has 0 unspecified atom stereocenters. The molecule has 0 spiro atoms. The van der Waals surface area contributed by atoms with Crippen molar-refractivity contribution in [3.8, 4) is 0 Å². The number of carbonyl (C=O) groups is 4. The van der Waals surface area contributed by atoms with E-state index in [-0.39, 0.29) is 37.2 Å². The van der Waals surface area contributed by atoms with Gasteiger partial charge in [-0.3, -0.25) is 28.6 Å². The predicted octanol–water partition coefficient (Wildman–Crippen LogP) is 2.75. The van der Waals surface area contributed by atoms with Gasteiger partial charge in [-0.05, 0) is 33.6 Å². The maximum absolute atomic E-state index is 13.2. The van der Waals surface area contributed by atoms with Crippen molar-refractivity contribution < 1.29 is 52.1 Å². The molecule has 1 heterocycles. The zero-order chi connectivity index (χ0) is 27.6. The number of rotatable bonds is 15. The first-order valence-corrected chi connectivity index (χ1v) is 13.5. The van der Waals surface area contributed by atoms with Crippen LogP contribution < -0.4 is 0 Å². The van der Waals surface area contributed by atoms with Gasteiger partial charge in [0.25, 0.3) is 0 Å². The van der Waals surface area contributed by atoms with Gasteiger partial charge in [-0.2, -0.15) is 0 Å². The van der Waals surface area contributed by atoms with Gasteiger partial charge in [0, 0.05) is 25.8 Å². The van der Waals surface area contributed by atoms with Crippen LogP contribution in [0.3, 0.4) is 0 Å². The number of ether oxygens (including phenoxy) is 3. The van der Waals surface area contributed by atoms with Crippen molar-refractivity contribution in [2.24, 2.45) is 5.92 Å². The molecule has 0 aromatic carbocycles. The zero-order valence-electron chi connectivity index (χ0n) is 21.9. The van der Waals surface area contributed by atoms with Crippen LogP contribution in [-0.4, -0.2) is 84.7 Å². The van der Waals surface area contributed by atoms with E-state index >= 15 is 0 Å². The van der Waals surface area contributed by atoms with Crippen molar-refractivity contribution in [3.63, 3.8) is 0 Å². The van der Waals surface area contributed by atoms with Gasteiger partial charge in [0.15, 0.2) is 18.1 Å². The Balaban J connectivity index is 3.40. The van der Waals surface area contributed by atoms with E-state index in [0.717, 1.165) is 0 Å². The average molecular weight is 536 g/mol. The van der Waals surface area contributed by atoms with Gasteiger partial charge >= 0.3 is 19.5 Å². The molecular weight excluding hydrogens is 497 g/mol. The zero-order valence-corrected chi connectivity index (χ0v) is 22.8. The van der Waals surface area contributed by atoms with Crippen molar-refractivity contribution in [2.45, 2.75) is 78.9 Å². The Morgan fingerprint density at radius 2 is 1.64 bits per heavy atom. The van der Waals surface area contributed by atoms with Crippen molar-refractivity contribution >= 4 is 31.2 Å². The molecule has 0 aromatic rings. The Hall–Kier alpha value is -2.11. The SMILES string of the molecule is CCOP(=O)(C[C@@H](C)[C@H]1O[C@@H](N(/C=C(/C)C(C)=O)C(C)=O)[C@H](OC)[C@@H]1OC(=O)CCC(=O)O)OCC. The number of Topliss-reactive ketones (excluding diaryl/α,β-unsaturated/α-hetero) is 1. The molecule has 0 aliphatic carbocycles. The highest BCUT2D eigenvalue weighted by Gasteiger charge is 2.53. The van der Waals surface area contributed by atoms with Gasteiger partial charge in [-0.25, -0.2) is 0 Å². The number of esters is 1. The molecular formula is C23H38NO11P. The van der Waals surface area contributed by atoms with E-state index < -0.39 is 62.3 Å². The Labute approximate surface area is 211 Å². The fraction of sp³-hybridized carbons (Fsp3) is 0.739. The number of aliphatic carboxylic acids is 1. The van der Waals surface area contributed by atoms with Crippen LogP contribution in [-0.2, 0) is 47.0 Å². The Bertz CT molecular complexity index is 864. The lowest BCUT2D eigenvalue weighted by molar-refractivity contribution is -0.159. The second-order valence-electron chi connectivity index (χ2n) is 8.44. The van der Waals surface area contributed by atoms with E-state index in [2.05, 4.69) is 0 Å². The van der Waals surface area contributed by atoms with E-state index in [9.17, 15) is 23.7 Å². The van der Waals surface area contributed by atoms with Crippen LogP contribution in [0.15, 0.2) is 11.8 Å². The predicted molar refractivity (Wildman–Crippen MR) is 128 cm³/mol. The summed E-state index contributed by atoms with van der Waals surface area (Å²) in [7, 11) is -2.17. The van der Waals surface area contributed by atoms with Crippen LogP contribution in [0.5, 0.6) is 0 Å². The number of allylic oxidation sites excluding steroid dienone is 1. The average Bonchev–Trinajstić information content (AvgIpc) is 3.13. The molecule has 1 aliphatic rings. The molecule has 0 bridgehead atoms. The lowest BCUT2D eigenvalue weighted by Crippen LogP contribution is -2.46. The summed E-state index contributed by atoms with van der Waals surface area (Å²) in [6, 6.07) is 0. The molecule has 206 valence electrons. The van der Waals surface area contributed by atoms with Crippen molar-refractivity contribution in [1.29, 1.82) is 0 Å². The van der Waals surface area contributed by atoms with E-state index in [1.807, 2.05) is 0 Å². The second kappa shape index (κ2) is 14.6. The highest BCUT2D eigenvalue weighted by Crippen LogP contribution is 2.51. The number of carboxylic acids is 1. The molecule has 12 nitrogen and oxygen atoms in total. The van der Waals surface area contributed by atoms with E-state index in [0.29, 0.717) is 0 Å². The Morgan fingerprint density at radius 3 is 2.08 bits per heavy atom. The number of ketones is 1. The normalized spacial score (nSPS) is 23.2. The fourth-order valence-electron chi connectivity index (χ4n) is 3.79. The van der Waals surface area contributed by atoms with Crippen LogP contribution >= 0.6 is 7.60 Å². The number of methoxy groups -OCH3 is 1. The first-order valence-electron chi connectivity index (χ1n) is 11.8. The molecule has 1 saturated heterocycles. The van der Waals surface area contributed by atoms with Gasteiger partial charge in [0.2, 0.25) is 5.91 Å². The van der Waals surface area contributed by atoms with E-state index in [1.165, 1.54) is 32.1 Å². The van der Waals surface area contributed by atoms with Crippen LogP contribution in [0.25, 0.3) is 0 Å². The molecule has 1 aliphatic heterocycles. The summed E-state index contributed by atoms with van der Waals surface area (Å²) in [5.41, 5.74) is 0.285. The lowest BCUT2D eigenvalue weighted by atomic mass is 9.99. The second-order valence-corrected chi connectivity index (χ2v) is 10.5. The summed E-state index contributed by atoms with van der Waals surface area (Å²) >= 11 is 0. The molecule has 13 heteroatoms. The number of carboxylic acid groups (broad SMARTS) is 1. The third kappa shape index (κ3) is 9.08. The van der Waals surface area contributed by atoms with Crippen molar-refractivity contribution in [3.05, 3.63) is 11.8 Å². The Kier molecular flexibility index (Phi) is 12.9. The monoisotopic (exact) mass is 535 g/mol. The smallest absolute Gasteiger partial charge is 0.331 e. The molecule has 1 fully saturated rings. The van der Waals surface area contributed by atoms with Crippen LogP contribution in [0, 0.1) is 5.92 Å². The van der Waals surface area contributed by atoms with Crippen LogP contribution in [0.2, 0.25) is 0 Å². The topological polar surface area (TPSA) is 155 Å². The minimum atomic E-state index is -3.52. The first kappa shape index (κ1) is 31.9. The fourth-order valence-corrected chi connectivity index (χ4v) is 5.77. The van der Waals surface area contributed by atoms with Crippen molar-refractivity contribution in [1.82, 2.24) is 4.90 Å². The van der Waals surface area contributed by atoms with Crippen molar-refractivity contribution in [2.75, 3.05) is 26.5 Å². The summed E-state index contributed by atoms with van der Waals surface area (Å²) in [4.78, 5) is 48.8. The van der Waals surface area contributed by atoms with Gasteiger partial charge in [-0.1, -0.05) is 6.92 Å². The number of nitrogens with zero attached hydrogens (tertiary/aromatic N) is 1. The van der Waals surface area contributed by atoms with E-state index in [1.54, 1.807) is 27.7 Å². The summed E-state index contributed by atoms with van der Waals surface area (Å²) in [6.45, 7) is 9.55. The van der Waals surface area contributed by atoms with Gasteiger partial charge in [-0.15, -0.1) is 0 Å². The van der Waals surface area contributed by atoms with E-state index in [4.69, 9.17) is 28.4 Å². The number of carbonyl (C=O) groups excluding carboxylic acids is 3. The highest BCUT2D eigenvalue weighted by molar-refractivity contribution is 7.53. The number of hydrogen-bond donors (Lipinski definition) is 1. The summed E-state index contributed by atoms with van der Waals surface area (Å²) in [5.74, 6) is -3.25. The van der Waals surface area contributed by atoms with Gasteiger partial charge in [0.05, 0.1) is 32.2 Å². The summed E-state index contributed by atoms with van der Waals surface area (Å²) < 4.78 is 41.3. The third-order valence-electron chi connectivity index (χ3n) is 5.56. The van der Waals surface area contributed by atoms with Gasteiger partial charge in [0.1, 0.15) is 12.2 Å². The minimum absolute atomic E-state index is 0.0753. The molecule has 1 rings (SSSR count). The maximum Gasteiger partial charge on any atom is 0.331 e. The maximum atomic E-state index is 13.2. The standard InChI is InChI=1S/C23H38NO11P/c1-8-32-36(30,33-9-2)13-15(4)20-21(34-19(29)11-10-18(27)28)22(31-7)23(35-20)24(17(6)26)12-14(3)16(5)25/h12,15,20-23H,8-11,13H2,1-7H3,(H,27,28)/b14-12-/t15-,20-,21-,22-,23-/m1/s1. The molecule has 36 heavy (non-hydrogen) atoms. The minimum Gasteiger partial charge on any atom is -0.481 e. The summed E-state index contributed by atoms with van der Waals surface area (Å²) in [5, 5.41) is 8.90. The molecule has 1 amide bonds. The Morgan fingerprint density at radius 1 is 1.06 bits per heavy atom. The summed E-state index contributed by atoms with van der Waals surface area (Å²) in [6.07, 6.45) is -3.65. The highest BCUT2D eigenvalue weighted by atomic mass is 31.2. The van der Waals surface area contributed by atoms with Crippen LogP contribution in [0.1, 0.15) is 54.4 Å². The molecule has 1 N–H and O–H groups in total. The lowest BCUT2D eigenvalue weighted by Gasteiger charge is -2.29. The van der Waals surface area contributed by atoms with Gasteiger partial charge < -0.3 is 28.4 Å². The quantitative estimate of drug-likeness (QED) is 0.187. The molecule has 0 radical (unpaired) electrons. The third-order valence-corrected chi connectivity index (χ3v) is 7.88. The number of amides is 1. The largest absolute Gasteiger partial charge is 0.481 e.